The average Bonchev–Trinajstić information content (AvgIpc) is 2.59. The van der Waals surface area contributed by atoms with E-state index in [1.165, 1.54) is 38.6 Å². The number of nitrogens with two attached hydrogens (primary N) is 1. The number of hydrogen-bond donors (Lipinski definition) is 1. The lowest BCUT2D eigenvalue weighted by atomic mass is 9.72. The third-order valence-corrected chi connectivity index (χ3v) is 4.89. The van der Waals surface area contributed by atoms with Crippen LogP contribution >= 0.6 is 0 Å². The van der Waals surface area contributed by atoms with Gasteiger partial charge in [-0.15, -0.1) is 0 Å². The van der Waals surface area contributed by atoms with Crippen molar-refractivity contribution in [2.75, 3.05) is 13.1 Å². The Morgan fingerprint density at radius 1 is 1.31 bits per heavy atom. The van der Waals surface area contributed by atoms with Gasteiger partial charge in [0.15, 0.2) is 0 Å². The summed E-state index contributed by atoms with van der Waals surface area (Å²) in [5.74, 6) is 0.743. The van der Waals surface area contributed by atoms with Crippen LogP contribution < -0.4 is 5.73 Å². The van der Waals surface area contributed by atoms with Gasteiger partial charge >= 0.3 is 0 Å². The Balaban J connectivity index is 2.06. The van der Waals surface area contributed by atoms with E-state index < -0.39 is 0 Å². The molecule has 0 bridgehead atoms. The molecule has 1 saturated carbocycles. The van der Waals surface area contributed by atoms with Gasteiger partial charge in [0.2, 0.25) is 0 Å². The summed E-state index contributed by atoms with van der Waals surface area (Å²) in [7, 11) is 0. The van der Waals surface area contributed by atoms with E-state index in [4.69, 9.17) is 5.73 Å². The Kier molecular flexibility index (Phi) is 3.60. The standard InChI is InChI=1S/C14H28N2/c1-11-8-12(9-15)10-16(11)13-6-4-5-7-14(13,2)3/h11-13H,4-10,15H2,1-3H3. The van der Waals surface area contributed by atoms with Crippen molar-refractivity contribution < 1.29 is 0 Å². The van der Waals surface area contributed by atoms with E-state index in [9.17, 15) is 0 Å². The van der Waals surface area contributed by atoms with E-state index in [0.29, 0.717) is 5.41 Å². The Labute approximate surface area is 101 Å². The van der Waals surface area contributed by atoms with Crippen LogP contribution in [0.5, 0.6) is 0 Å². The Hall–Kier alpha value is -0.0800. The van der Waals surface area contributed by atoms with Crippen LogP contribution in [0.15, 0.2) is 0 Å². The molecule has 1 saturated heterocycles. The van der Waals surface area contributed by atoms with Crippen LogP contribution in [0.3, 0.4) is 0 Å². The first-order valence-electron chi connectivity index (χ1n) is 7.00. The van der Waals surface area contributed by atoms with Crippen LogP contribution in [0.25, 0.3) is 0 Å². The topological polar surface area (TPSA) is 29.3 Å². The van der Waals surface area contributed by atoms with Gasteiger partial charge in [0.05, 0.1) is 0 Å². The van der Waals surface area contributed by atoms with E-state index in [1.54, 1.807) is 0 Å². The second-order valence-corrected chi connectivity index (χ2v) is 6.63. The van der Waals surface area contributed by atoms with Gasteiger partial charge in [-0.2, -0.15) is 0 Å². The Morgan fingerprint density at radius 3 is 2.62 bits per heavy atom. The highest BCUT2D eigenvalue weighted by molar-refractivity contribution is 4.95. The number of hydrogen-bond acceptors (Lipinski definition) is 2. The fraction of sp³-hybridized carbons (Fsp3) is 1.00. The van der Waals surface area contributed by atoms with E-state index in [1.807, 2.05) is 0 Å². The van der Waals surface area contributed by atoms with Crippen LogP contribution in [-0.2, 0) is 0 Å². The van der Waals surface area contributed by atoms with Gasteiger partial charge in [-0.05, 0) is 44.1 Å². The minimum absolute atomic E-state index is 0.510. The molecule has 2 fully saturated rings. The highest BCUT2D eigenvalue weighted by Gasteiger charge is 2.41. The molecule has 94 valence electrons. The third-order valence-electron chi connectivity index (χ3n) is 4.89. The Bertz CT molecular complexity index is 237. The average molecular weight is 224 g/mol. The maximum Gasteiger partial charge on any atom is 0.0149 e. The van der Waals surface area contributed by atoms with Crippen molar-refractivity contribution in [1.82, 2.24) is 4.90 Å². The monoisotopic (exact) mass is 224 g/mol. The van der Waals surface area contributed by atoms with Crippen molar-refractivity contribution in [2.24, 2.45) is 17.1 Å². The highest BCUT2D eigenvalue weighted by Crippen LogP contribution is 2.41. The molecule has 2 aliphatic rings. The zero-order valence-corrected chi connectivity index (χ0v) is 11.2. The zero-order chi connectivity index (χ0) is 11.8. The second-order valence-electron chi connectivity index (χ2n) is 6.63. The minimum Gasteiger partial charge on any atom is -0.330 e. The SMILES string of the molecule is CC1CC(CN)CN1C1CCCCC1(C)C. The van der Waals surface area contributed by atoms with E-state index >= 15 is 0 Å². The molecule has 1 aliphatic heterocycles. The Morgan fingerprint density at radius 2 is 2.06 bits per heavy atom. The molecule has 0 spiro atoms. The first-order valence-corrected chi connectivity index (χ1v) is 7.00. The van der Waals surface area contributed by atoms with Gasteiger partial charge < -0.3 is 5.73 Å². The summed E-state index contributed by atoms with van der Waals surface area (Å²) in [5, 5.41) is 0. The fourth-order valence-corrected chi connectivity index (χ4v) is 3.87. The van der Waals surface area contributed by atoms with Gasteiger partial charge in [-0.1, -0.05) is 26.7 Å². The number of nitrogens with zero attached hydrogens (tertiary/aromatic N) is 1. The summed E-state index contributed by atoms with van der Waals surface area (Å²) in [5.41, 5.74) is 6.34. The summed E-state index contributed by atoms with van der Waals surface area (Å²) < 4.78 is 0. The molecule has 2 rings (SSSR count). The van der Waals surface area contributed by atoms with Gasteiger partial charge in [0.1, 0.15) is 0 Å². The molecule has 2 nitrogen and oxygen atoms in total. The van der Waals surface area contributed by atoms with Crippen molar-refractivity contribution >= 4 is 0 Å². The first-order chi connectivity index (χ1) is 7.54. The molecule has 1 aliphatic carbocycles. The van der Waals surface area contributed by atoms with Crippen molar-refractivity contribution in [2.45, 2.75) is 65.0 Å². The molecule has 0 aromatic carbocycles. The summed E-state index contributed by atoms with van der Waals surface area (Å²) in [6.45, 7) is 9.42. The normalized spacial score (nSPS) is 40.1. The molecule has 0 radical (unpaired) electrons. The number of rotatable bonds is 2. The quantitative estimate of drug-likeness (QED) is 0.781. The van der Waals surface area contributed by atoms with Crippen molar-refractivity contribution in [3.63, 3.8) is 0 Å². The van der Waals surface area contributed by atoms with Crippen LogP contribution in [-0.4, -0.2) is 30.1 Å². The summed E-state index contributed by atoms with van der Waals surface area (Å²) in [6.07, 6.45) is 6.95. The summed E-state index contributed by atoms with van der Waals surface area (Å²) >= 11 is 0. The van der Waals surface area contributed by atoms with Gasteiger partial charge in [-0.25, -0.2) is 0 Å². The molecular weight excluding hydrogens is 196 g/mol. The molecule has 0 amide bonds. The molecule has 16 heavy (non-hydrogen) atoms. The molecule has 3 unspecified atom stereocenters. The van der Waals surface area contributed by atoms with E-state index in [2.05, 4.69) is 25.7 Å². The van der Waals surface area contributed by atoms with Gasteiger partial charge in [-0.3, -0.25) is 4.90 Å². The predicted octanol–water partition coefficient (Wildman–Crippen LogP) is 2.62. The largest absolute Gasteiger partial charge is 0.330 e. The maximum absolute atomic E-state index is 5.83. The van der Waals surface area contributed by atoms with Crippen LogP contribution in [0, 0.1) is 11.3 Å². The first kappa shape index (κ1) is 12.4. The van der Waals surface area contributed by atoms with Gasteiger partial charge in [0, 0.05) is 18.6 Å². The smallest absolute Gasteiger partial charge is 0.0149 e. The van der Waals surface area contributed by atoms with Gasteiger partial charge in [0.25, 0.3) is 0 Å². The molecule has 2 N–H and O–H groups in total. The summed E-state index contributed by atoms with van der Waals surface area (Å²) in [4.78, 5) is 2.76. The molecular formula is C14H28N2. The fourth-order valence-electron chi connectivity index (χ4n) is 3.87. The molecule has 2 heteroatoms. The molecule has 3 atom stereocenters. The minimum atomic E-state index is 0.510. The van der Waals surface area contributed by atoms with Crippen molar-refractivity contribution in [1.29, 1.82) is 0 Å². The molecule has 0 aromatic heterocycles. The second kappa shape index (κ2) is 4.66. The highest BCUT2D eigenvalue weighted by atomic mass is 15.2. The van der Waals surface area contributed by atoms with Crippen LogP contribution in [0.1, 0.15) is 52.9 Å². The summed E-state index contributed by atoms with van der Waals surface area (Å²) in [6, 6.07) is 1.55. The lowest BCUT2D eigenvalue weighted by Gasteiger charge is -2.45. The number of likely N-dealkylation sites (tertiary alicyclic amines) is 1. The van der Waals surface area contributed by atoms with E-state index in [-0.39, 0.29) is 0 Å². The van der Waals surface area contributed by atoms with Crippen LogP contribution in [0.2, 0.25) is 0 Å². The predicted molar refractivity (Wildman–Crippen MR) is 69.4 cm³/mol. The zero-order valence-electron chi connectivity index (χ0n) is 11.2. The lowest BCUT2D eigenvalue weighted by Crippen LogP contribution is -2.48. The van der Waals surface area contributed by atoms with Crippen LogP contribution in [0.4, 0.5) is 0 Å². The molecule has 1 heterocycles. The lowest BCUT2D eigenvalue weighted by molar-refractivity contribution is 0.0428. The van der Waals surface area contributed by atoms with E-state index in [0.717, 1.165) is 24.5 Å². The van der Waals surface area contributed by atoms with Crippen molar-refractivity contribution in [3.8, 4) is 0 Å². The van der Waals surface area contributed by atoms with Crippen molar-refractivity contribution in [3.05, 3.63) is 0 Å². The maximum atomic E-state index is 5.83. The molecule has 0 aromatic rings. The third kappa shape index (κ3) is 2.28.